The first-order chi connectivity index (χ1) is 18.2. The van der Waals surface area contributed by atoms with Crippen molar-refractivity contribution in [2.75, 3.05) is 0 Å². The summed E-state index contributed by atoms with van der Waals surface area (Å²) in [6, 6.07) is 26.1. The summed E-state index contributed by atoms with van der Waals surface area (Å²) in [5.74, 6) is 12.3. The van der Waals surface area contributed by atoms with E-state index in [-0.39, 0.29) is 5.82 Å². The summed E-state index contributed by atoms with van der Waals surface area (Å²) in [5.41, 5.74) is 5.86. The van der Waals surface area contributed by atoms with E-state index in [4.69, 9.17) is 0 Å². The van der Waals surface area contributed by atoms with E-state index in [1.54, 1.807) is 12.1 Å². The van der Waals surface area contributed by atoms with Crippen molar-refractivity contribution in [2.24, 2.45) is 0 Å². The molecule has 0 fully saturated rings. The Morgan fingerprint density at radius 2 is 1.11 bits per heavy atom. The Bertz CT molecular complexity index is 1440. The van der Waals surface area contributed by atoms with Crippen LogP contribution < -0.4 is 0 Å². The van der Waals surface area contributed by atoms with Crippen molar-refractivity contribution in [1.29, 1.82) is 0 Å². The highest BCUT2D eigenvalue weighted by atomic mass is 19.1. The topological polar surface area (TPSA) is 0 Å². The van der Waals surface area contributed by atoms with Crippen LogP contribution in [0.5, 0.6) is 0 Å². The van der Waals surface area contributed by atoms with E-state index in [0.29, 0.717) is 10.9 Å². The van der Waals surface area contributed by atoms with E-state index in [1.807, 2.05) is 30.3 Å². The molecule has 0 aliphatic rings. The van der Waals surface area contributed by atoms with Crippen LogP contribution in [-0.4, -0.2) is 0 Å². The molecular weight excluding hydrogens is 451 g/mol. The summed E-state index contributed by atoms with van der Waals surface area (Å²) in [5, 5.41) is 1.40. The second-order valence-corrected chi connectivity index (χ2v) is 9.67. The van der Waals surface area contributed by atoms with Gasteiger partial charge in [-0.1, -0.05) is 99.6 Å². The van der Waals surface area contributed by atoms with Gasteiger partial charge in [-0.05, 0) is 84.7 Å². The highest BCUT2D eigenvalue weighted by molar-refractivity contribution is 5.86. The monoisotopic (exact) mass is 486 g/mol. The van der Waals surface area contributed by atoms with Gasteiger partial charge in [-0.3, -0.25) is 0 Å². The van der Waals surface area contributed by atoms with Gasteiger partial charge in [0.1, 0.15) is 5.82 Å². The Labute approximate surface area is 222 Å². The average molecular weight is 487 g/mol. The predicted molar refractivity (Wildman–Crippen MR) is 155 cm³/mol. The van der Waals surface area contributed by atoms with Crippen molar-refractivity contribution in [1.82, 2.24) is 0 Å². The lowest BCUT2D eigenvalue weighted by molar-refractivity contribution is 0.636. The average Bonchev–Trinajstić information content (AvgIpc) is 2.94. The molecule has 0 unspecified atom stereocenters. The number of fused-ring (bicyclic) bond motifs is 1. The van der Waals surface area contributed by atoms with E-state index >= 15 is 4.39 Å². The summed E-state index contributed by atoms with van der Waals surface area (Å²) >= 11 is 0. The molecule has 4 aromatic carbocycles. The second-order valence-electron chi connectivity index (χ2n) is 9.67. The van der Waals surface area contributed by atoms with Gasteiger partial charge in [0.15, 0.2) is 0 Å². The number of hydrogen-bond acceptors (Lipinski definition) is 0. The lowest BCUT2D eigenvalue weighted by Gasteiger charge is -2.03. The van der Waals surface area contributed by atoms with E-state index < -0.39 is 0 Å². The maximum Gasteiger partial charge on any atom is 0.146 e. The lowest BCUT2D eigenvalue weighted by atomic mass is 10.0. The van der Waals surface area contributed by atoms with Crippen molar-refractivity contribution in [3.8, 4) is 23.7 Å². The van der Waals surface area contributed by atoms with Gasteiger partial charge in [-0.15, -0.1) is 0 Å². The van der Waals surface area contributed by atoms with Gasteiger partial charge < -0.3 is 0 Å². The summed E-state index contributed by atoms with van der Waals surface area (Å²) in [7, 11) is 0. The molecule has 0 aliphatic carbocycles. The molecular formula is C36H35F. The zero-order chi connectivity index (χ0) is 25.9. The first-order valence-corrected chi connectivity index (χ1v) is 13.6. The fourth-order valence-corrected chi connectivity index (χ4v) is 4.40. The number of rotatable bonds is 8. The highest BCUT2D eigenvalue weighted by Gasteiger charge is 2.06. The van der Waals surface area contributed by atoms with Gasteiger partial charge >= 0.3 is 0 Å². The summed E-state index contributed by atoms with van der Waals surface area (Å²) < 4.78 is 15.2. The number of hydrogen-bond donors (Lipinski definition) is 0. The summed E-state index contributed by atoms with van der Waals surface area (Å²) in [6.45, 7) is 4.44. The van der Waals surface area contributed by atoms with Crippen LogP contribution in [0.4, 0.5) is 4.39 Å². The molecule has 0 heterocycles. The van der Waals surface area contributed by atoms with Crippen molar-refractivity contribution >= 4 is 10.8 Å². The number of halogens is 1. The number of benzene rings is 4. The van der Waals surface area contributed by atoms with Crippen molar-refractivity contribution < 1.29 is 4.39 Å². The molecule has 0 saturated carbocycles. The number of aryl methyl sites for hydroxylation is 2. The third-order valence-corrected chi connectivity index (χ3v) is 6.69. The molecule has 0 atom stereocenters. The van der Waals surface area contributed by atoms with E-state index in [1.165, 1.54) is 49.7 Å². The van der Waals surface area contributed by atoms with Crippen LogP contribution >= 0.6 is 0 Å². The van der Waals surface area contributed by atoms with Gasteiger partial charge in [0.2, 0.25) is 0 Å². The van der Waals surface area contributed by atoms with Crippen molar-refractivity contribution in [2.45, 2.75) is 65.2 Å². The third-order valence-electron chi connectivity index (χ3n) is 6.69. The fraction of sp³-hybridized carbons (Fsp3) is 0.278. The van der Waals surface area contributed by atoms with Gasteiger partial charge in [0, 0.05) is 22.1 Å². The van der Waals surface area contributed by atoms with Crippen LogP contribution in [0.1, 0.15) is 85.8 Å². The van der Waals surface area contributed by atoms with E-state index in [2.05, 4.69) is 73.9 Å². The molecule has 0 N–H and O–H groups in total. The Balaban J connectivity index is 1.44. The molecule has 0 bridgehead atoms. The minimum absolute atomic E-state index is 0.278. The minimum Gasteiger partial charge on any atom is -0.205 e. The molecule has 4 aromatic rings. The zero-order valence-electron chi connectivity index (χ0n) is 22.0. The Morgan fingerprint density at radius 1 is 0.541 bits per heavy atom. The summed E-state index contributed by atoms with van der Waals surface area (Å²) in [6.07, 6.45) is 9.67. The standard InChI is InChI=1S/C36H35F/c1-3-5-7-8-10-29-13-17-31(18-14-29)21-23-33-24-25-34-27-32(22-26-35(34)36(33)37)20-19-30-15-11-28(12-16-30)9-6-4-2/h11-18,22,24-27H,3-10H2,1-2H3. The lowest BCUT2D eigenvalue weighted by Crippen LogP contribution is -1.88. The van der Waals surface area contributed by atoms with Gasteiger partial charge in [0.25, 0.3) is 0 Å². The van der Waals surface area contributed by atoms with Crippen LogP contribution in [0.15, 0.2) is 78.9 Å². The molecule has 0 radical (unpaired) electrons. The predicted octanol–water partition coefficient (Wildman–Crippen LogP) is 9.24. The van der Waals surface area contributed by atoms with Crippen LogP contribution in [0.3, 0.4) is 0 Å². The Kier molecular flexibility index (Phi) is 9.57. The van der Waals surface area contributed by atoms with Crippen LogP contribution in [-0.2, 0) is 12.8 Å². The first kappa shape index (κ1) is 26.3. The molecule has 0 saturated heterocycles. The Hall–Kier alpha value is -3.81. The molecule has 0 aromatic heterocycles. The zero-order valence-corrected chi connectivity index (χ0v) is 22.0. The molecule has 186 valence electrons. The van der Waals surface area contributed by atoms with Crippen LogP contribution in [0.2, 0.25) is 0 Å². The molecule has 0 aliphatic heterocycles. The van der Waals surface area contributed by atoms with Gasteiger partial charge in [0.05, 0.1) is 5.56 Å². The molecule has 4 rings (SSSR count). The van der Waals surface area contributed by atoms with E-state index in [9.17, 15) is 0 Å². The molecule has 0 spiro atoms. The SMILES string of the molecule is CCCCCCc1ccc(C#Cc2ccc3cc(C#Cc4ccc(CCCC)cc4)ccc3c2F)cc1. The minimum atomic E-state index is -0.278. The third kappa shape index (κ3) is 7.59. The highest BCUT2D eigenvalue weighted by Crippen LogP contribution is 2.22. The maximum absolute atomic E-state index is 15.2. The van der Waals surface area contributed by atoms with Crippen molar-refractivity contribution in [3.05, 3.63) is 118 Å². The molecule has 1 heteroatoms. The molecule has 0 amide bonds. The normalized spacial score (nSPS) is 10.5. The second kappa shape index (κ2) is 13.5. The molecule has 0 nitrogen and oxygen atoms in total. The maximum atomic E-state index is 15.2. The van der Waals surface area contributed by atoms with Gasteiger partial charge in [-0.25, -0.2) is 4.39 Å². The van der Waals surface area contributed by atoms with Gasteiger partial charge in [-0.2, -0.15) is 0 Å². The first-order valence-electron chi connectivity index (χ1n) is 13.6. The smallest absolute Gasteiger partial charge is 0.146 e. The molecule has 37 heavy (non-hydrogen) atoms. The van der Waals surface area contributed by atoms with E-state index in [0.717, 1.165) is 34.9 Å². The largest absolute Gasteiger partial charge is 0.205 e. The van der Waals surface area contributed by atoms with Crippen LogP contribution in [0, 0.1) is 29.5 Å². The Morgan fingerprint density at radius 3 is 1.76 bits per heavy atom. The summed E-state index contributed by atoms with van der Waals surface area (Å²) in [4.78, 5) is 0. The number of unbranched alkanes of at least 4 members (excludes halogenated alkanes) is 4. The quantitative estimate of drug-likeness (QED) is 0.172. The van der Waals surface area contributed by atoms with Crippen molar-refractivity contribution in [3.63, 3.8) is 0 Å². The van der Waals surface area contributed by atoms with Crippen LogP contribution in [0.25, 0.3) is 10.8 Å². The fourth-order valence-electron chi connectivity index (χ4n) is 4.40.